The van der Waals surface area contributed by atoms with Crippen molar-refractivity contribution < 1.29 is 29.3 Å². The Bertz CT molecular complexity index is 957. The molecule has 38 heavy (non-hydrogen) atoms. The van der Waals surface area contributed by atoms with Gasteiger partial charge in [-0.05, 0) is 62.2 Å². The third-order valence-electron chi connectivity index (χ3n) is 11.2. The van der Waals surface area contributed by atoms with Gasteiger partial charge in [0.1, 0.15) is 11.9 Å². The number of carbonyl (C=O) groups is 3. The van der Waals surface area contributed by atoms with E-state index in [1.54, 1.807) is 0 Å². The Hall–Kier alpha value is -1.38. The summed E-state index contributed by atoms with van der Waals surface area (Å²) in [6.45, 7) is 14.0. The molecule has 2 unspecified atom stereocenters. The fourth-order valence-corrected chi connectivity index (χ4v) is 9.66. The zero-order valence-corrected chi connectivity index (χ0v) is 24.5. The van der Waals surface area contributed by atoms with Crippen molar-refractivity contribution in [3.63, 3.8) is 0 Å². The molecule has 0 aromatic heterocycles. The molecule has 0 saturated heterocycles. The van der Waals surface area contributed by atoms with Crippen LogP contribution in [0.1, 0.15) is 86.0 Å². The third kappa shape index (κ3) is 4.98. The number of aliphatic hydroxyl groups excluding tert-OH is 2. The van der Waals surface area contributed by atoms with Crippen molar-refractivity contribution in [2.75, 3.05) is 5.75 Å². The van der Waals surface area contributed by atoms with Gasteiger partial charge in [0.25, 0.3) is 0 Å². The van der Waals surface area contributed by atoms with Gasteiger partial charge < -0.3 is 20.3 Å². The number of nitrogens with one attached hydrogen (secondary N) is 1. The number of ketones is 1. The molecule has 0 heterocycles. The van der Waals surface area contributed by atoms with Gasteiger partial charge in [0.2, 0.25) is 5.91 Å². The quantitative estimate of drug-likeness (QED) is 0.338. The molecular formula is C30H47NO6S. The summed E-state index contributed by atoms with van der Waals surface area (Å²) in [5, 5.41) is 25.1. The number of carbonyl (C=O) groups excluding carboxylic acids is 3. The fraction of sp³-hybridized carbons (Fsp3) is 0.833. The van der Waals surface area contributed by atoms with E-state index in [-0.39, 0.29) is 57.9 Å². The van der Waals surface area contributed by atoms with Crippen LogP contribution in [0.15, 0.2) is 12.7 Å². The first-order chi connectivity index (χ1) is 17.8. The summed E-state index contributed by atoms with van der Waals surface area (Å²) in [6.07, 6.45) is 5.51. The molecule has 4 aliphatic rings. The minimum absolute atomic E-state index is 0.0384. The number of amides is 1. The molecule has 2 bridgehead atoms. The normalized spacial score (nSPS) is 46.9. The van der Waals surface area contributed by atoms with Gasteiger partial charge in [-0.25, -0.2) is 0 Å². The van der Waals surface area contributed by atoms with Crippen LogP contribution >= 0.6 is 11.8 Å². The molecule has 0 radical (unpaired) electrons. The van der Waals surface area contributed by atoms with E-state index in [0.717, 1.165) is 25.7 Å². The standard InChI is InChI=1S/C30H47NO6S/c1-7-28(5)15-24(37-25(35)16-38-23-9-8-20(14-22(23)34)31-19(4)32)29(6)17(2)10-12-30(18(3)27(28)36)13-11-21(33)26(29)30/h7,17-18,20,22-24,26-27,34,36H,1,8-16H2,2-6H3,(H,31,32)/t17?,18-,20+,22+,23+,24+,26-,27-,28+,29-,30?/m0/s1. The van der Waals surface area contributed by atoms with Crippen molar-refractivity contribution in [2.45, 2.75) is 116 Å². The van der Waals surface area contributed by atoms with Gasteiger partial charge in [0.05, 0.1) is 18.0 Å². The van der Waals surface area contributed by atoms with Crippen LogP contribution in [0.2, 0.25) is 0 Å². The Labute approximate surface area is 231 Å². The molecule has 8 heteroatoms. The second-order valence-electron chi connectivity index (χ2n) is 13.2. The van der Waals surface area contributed by atoms with E-state index in [1.165, 1.54) is 18.7 Å². The first kappa shape index (κ1) is 29.6. The maximum Gasteiger partial charge on any atom is 0.316 e. The van der Waals surface area contributed by atoms with Crippen LogP contribution in [0.3, 0.4) is 0 Å². The number of hydrogen-bond donors (Lipinski definition) is 3. The molecule has 3 N–H and O–H groups in total. The monoisotopic (exact) mass is 549 g/mol. The summed E-state index contributed by atoms with van der Waals surface area (Å²) in [5.74, 6) is -0.200. The topological polar surface area (TPSA) is 113 Å². The van der Waals surface area contributed by atoms with Crippen LogP contribution < -0.4 is 5.32 Å². The van der Waals surface area contributed by atoms with Gasteiger partial charge in [0.15, 0.2) is 0 Å². The molecule has 4 saturated carbocycles. The maximum atomic E-state index is 13.5. The molecule has 4 fully saturated rings. The molecule has 4 rings (SSSR count). The van der Waals surface area contributed by atoms with Crippen molar-refractivity contribution in [1.82, 2.24) is 5.32 Å². The summed E-state index contributed by atoms with van der Waals surface area (Å²) in [4.78, 5) is 38.2. The minimum Gasteiger partial charge on any atom is -0.461 e. The first-order valence-electron chi connectivity index (χ1n) is 14.4. The molecule has 0 aliphatic heterocycles. The first-order valence-corrected chi connectivity index (χ1v) is 15.4. The molecule has 7 nitrogen and oxygen atoms in total. The number of Topliss-reactive ketones (excluding diaryl/α,β-unsaturated/α-hetero) is 1. The second kappa shape index (κ2) is 10.9. The largest absolute Gasteiger partial charge is 0.461 e. The van der Waals surface area contributed by atoms with Crippen molar-refractivity contribution in [3.05, 3.63) is 12.7 Å². The van der Waals surface area contributed by atoms with Crippen LogP contribution in [0.5, 0.6) is 0 Å². The minimum atomic E-state index is -0.684. The van der Waals surface area contributed by atoms with Crippen molar-refractivity contribution >= 4 is 29.4 Å². The maximum absolute atomic E-state index is 13.5. The average Bonchev–Trinajstić information content (AvgIpc) is 3.21. The van der Waals surface area contributed by atoms with E-state index in [2.05, 4.69) is 32.7 Å². The van der Waals surface area contributed by atoms with Crippen molar-refractivity contribution in [3.8, 4) is 0 Å². The van der Waals surface area contributed by atoms with E-state index in [0.29, 0.717) is 25.7 Å². The summed E-state index contributed by atoms with van der Waals surface area (Å²) < 4.78 is 6.31. The Balaban J connectivity index is 1.54. The lowest BCUT2D eigenvalue weighted by molar-refractivity contribution is -0.205. The molecule has 11 atom stereocenters. The van der Waals surface area contributed by atoms with Crippen LogP contribution in [0.4, 0.5) is 0 Å². The molecule has 4 aliphatic carbocycles. The van der Waals surface area contributed by atoms with Crippen LogP contribution in [-0.4, -0.2) is 63.2 Å². The van der Waals surface area contributed by atoms with Crippen LogP contribution in [0, 0.1) is 34.0 Å². The number of ether oxygens (including phenoxy) is 1. The highest BCUT2D eigenvalue weighted by atomic mass is 32.2. The Kier molecular flexibility index (Phi) is 8.48. The number of thioether (sulfide) groups is 1. The van der Waals surface area contributed by atoms with Gasteiger partial charge in [-0.1, -0.05) is 33.8 Å². The Morgan fingerprint density at radius 3 is 2.53 bits per heavy atom. The Morgan fingerprint density at radius 1 is 1.18 bits per heavy atom. The van der Waals surface area contributed by atoms with Crippen molar-refractivity contribution in [2.24, 2.45) is 34.0 Å². The van der Waals surface area contributed by atoms with E-state index < -0.39 is 29.1 Å². The highest BCUT2D eigenvalue weighted by molar-refractivity contribution is 8.00. The van der Waals surface area contributed by atoms with E-state index in [9.17, 15) is 24.6 Å². The fourth-order valence-electron chi connectivity index (χ4n) is 8.60. The van der Waals surface area contributed by atoms with Gasteiger partial charge >= 0.3 is 5.97 Å². The highest BCUT2D eigenvalue weighted by Crippen LogP contribution is 2.68. The predicted molar refractivity (Wildman–Crippen MR) is 148 cm³/mol. The molecule has 0 spiro atoms. The lowest BCUT2D eigenvalue weighted by Gasteiger charge is -2.61. The zero-order chi connectivity index (χ0) is 28.0. The van der Waals surface area contributed by atoms with Crippen LogP contribution in [0.25, 0.3) is 0 Å². The highest BCUT2D eigenvalue weighted by Gasteiger charge is 2.68. The summed E-state index contributed by atoms with van der Waals surface area (Å²) in [7, 11) is 0. The predicted octanol–water partition coefficient (Wildman–Crippen LogP) is 4.04. The zero-order valence-electron chi connectivity index (χ0n) is 23.7. The van der Waals surface area contributed by atoms with Gasteiger partial charge in [0, 0.05) is 41.4 Å². The van der Waals surface area contributed by atoms with E-state index in [4.69, 9.17) is 4.74 Å². The summed E-state index contributed by atoms with van der Waals surface area (Å²) in [5.41, 5.74) is -1.48. The summed E-state index contributed by atoms with van der Waals surface area (Å²) >= 11 is 1.41. The average molecular weight is 550 g/mol. The molecule has 1 amide bonds. The third-order valence-corrected chi connectivity index (χ3v) is 12.5. The van der Waals surface area contributed by atoms with Gasteiger partial charge in [-0.15, -0.1) is 18.3 Å². The SMILES string of the molecule is C=C[C@]1(C)C[C@@H](OC(=O)CS[C@@H]2CC[C@@H](NC(C)=O)C[C@H]2O)[C@]2(C)C(C)CCC3(CCC(=O)[C@H]32)[C@@H](C)[C@@H]1O. The lowest BCUT2D eigenvalue weighted by atomic mass is 9.44. The van der Waals surface area contributed by atoms with E-state index in [1.807, 2.05) is 13.0 Å². The number of hydrogen-bond acceptors (Lipinski definition) is 7. The molecule has 214 valence electrons. The Morgan fingerprint density at radius 2 is 1.89 bits per heavy atom. The van der Waals surface area contributed by atoms with Crippen molar-refractivity contribution in [1.29, 1.82) is 0 Å². The number of rotatable bonds is 6. The number of aliphatic hydroxyl groups is 2. The molecule has 0 aromatic rings. The second-order valence-corrected chi connectivity index (χ2v) is 14.4. The molecule has 0 aromatic carbocycles. The molecular weight excluding hydrogens is 502 g/mol. The summed E-state index contributed by atoms with van der Waals surface area (Å²) in [6, 6.07) is -0.0384. The van der Waals surface area contributed by atoms with E-state index >= 15 is 0 Å². The van der Waals surface area contributed by atoms with Gasteiger partial charge in [-0.2, -0.15) is 0 Å². The lowest BCUT2D eigenvalue weighted by Crippen LogP contribution is -2.63. The number of esters is 1. The van der Waals surface area contributed by atoms with Gasteiger partial charge in [-0.3, -0.25) is 14.4 Å². The smallest absolute Gasteiger partial charge is 0.316 e. The van der Waals surface area contributed by atoms with Crippen LogP contribution in [-0.2, 0) is 19.1 Å².